The molecule has 0 unspecified atom stereocenters. The van der Waals surface area contributed by atoms with Gasteiger partial charge in [-0.3, -0.25) is 4.90 Å². The zero-order valence-electron chi connectivity index (χ0n) is 14.7. The lowest BCUT2D eigenvalue weighted by molar-refractivity contribution is 0.203. The Morgan fingerprint density at radius 3 is 2.96 bits per heavy atom. The predicted molar refractivity (Wildman–Crippen MR) is 92.3 cm³/mol. The van der Waals surface area contributed by atoms with Crippen LogP contribution in [0.4, 0.5) is 0 Å². The number of likely N-dealkylation sites (tertiary alicyclic amines) is 1. The summed E-state index contributed by atoms with van der Waals surface area (Å²) in [4.78, 5) is 2.34. The molecule has 0 radical (unpaired) electrons. The molecule has 0 saturated carbocycles. The second-order valence-electron chi connectivity index (χ2n) is 6.63. The number of aromatic hydroxyl groups is 1. The molecule has 2 heterocycles. The summed E-state index contributed by atoms with van der Waals surface area (Å²) in [6.07, 6.45) is 2.17. The van der Waals surface area contributed by atoms with E-state index in [9.17, 15) is 5.11 Å². The average molecular weight is 330 g/mol. The van der Waals surface area contributed by atoms with Crippen molar-refractivity contribution in [2.75, 3.05) is 13.2 Å². The molecule has 1 fully saturated rings. The van der Waals surface area contributed by atoms with Crippen molar-refractivity contribution < 1.29 is 14.4 Å². The van der Waals surface area contributed by atoms with E-state index in [-0.39, 0.29) is 11.8 Å². The van der Waals surface area contributed by atoms with Crippen LogP contribution in [0, 0.1) is 0 Å². The van der Waals surface area contributed by atoms with Crippen LogP contribution >= 0.6 is 0 Å². The maximum atomic E-state index is 10.4. The molecule has 1 N–H and O–H groups in total. The minimum atomic E-state index is 0.222. The highest BCUT2D eigenvalue weighted by Crippen LogP contribution is 2.37. The Morgan fingerprint density at radius 1 is 1.42 bits per heavy atom. The zero-order chi connectivity index (χ0) is 17.1. The first-order valence-electron chi connectivity index (χ1n) is 8.74. The van der Waals surface area contributed by atoms with E-state index in [4.69, 9.17) is 9.26 Å². The van der Waals surface area contributed by atoms with Gasteiger partial charge in [0, 0.05) is 18.2 Å². The number of phenolic OH excluding ortho intramolecular Hbond substituents is 1. The third-order valence-corrected chi connectivity index (χ3v) is 4.59. The highest BCUT2D eigenvalue weighted by molar-refractivity contribution is 5.45. The normalized spacial score (nSPS) is 18.4. The Balaban J connectivity index is 1.77. The Kier molecular flexibility index (Phi) is 5.09. The number of phenols is 1. The van der Waals surface area contributed by atoms with Crippen molar-refractivity contribution in [2.45, 2.75) is 52.1 Å². The van der Waals surface area contributed by atoms with E-state index in [1.807, 2.05) is 19.1 Å². The molecule has 1 aliphatic heterocycles. The van der Waals surface area contributed by atoms with Gasteiger partial charge < -0.3 is 14.4 Å². The molecule has 2 aromatic rings. The summed E-state index contributed by atoms with van der Waals surface area (Å²) in [6, 6.07) is 7.98. The molecular formula is C19H26N2O3. The smallest absolute Gasteiger partial charge is 0.162 e. The van der Waals surface area contributed by atoms with Gasteiger partial charge in [0.05, 0.1) is 18.3 Å². The first-order valence-corrected chi connectivity index (χ1v) is 8.74. The summed E-state index contributed by atoms with van der Waals surface area (Å²) in [6.45, 7) is 8.35. The summed E-state index contributed by atoms with van der Waals surface area (Å²) in [5.74, 6) is 2.08. The van der Waals surface area contributed by atoms with Crippen molar-refractivity contribution in [3.63, 3.8) is 0 Å². The molecular weight excluding hydrogens is 304 g/mol. The fourth-order valence-electron chi connectivity index (χ4n) is 3.26. The lowest BCUT2D eigenvalue weighted by Crippen LogP contribution is -2.22. The van der Waals surface area contributed by atoms with Crippen LogP contribution in [0.3, 0.4) is 0 Å². The first kappa shape index (κ1) is 16.8. The number of rotatable bonds is 6. The fourth-order valence-corrected chi connectivity index (χ4v) is 3.26. The van der Waals surface area contributed by atoms with E-state index in [1.54, 1.807) is 6.07 Å². The average Bonchev–Trinajstić information content (AvgIpc) is 3.20. The van der Waals surface area contributed by atoms with Gasteiger partial charge in [-0.15, -0.1) is 0 Å². The number of nitrogens with zero attached hydrogens (tertiary/aromatic N) is 2. The highest BCUT2D eigenvalue weighted by Gasteiger charge is 2.30. The van der Waals surface area contributed by atoms with Gasteiger partial charge in [-0.05, 0) is 38.3 Å². The van der Waals surface area contributed by atoms with E-state index in [2.05, 4.69) is 30.0 Å². The molecule has 130 valence electrons. The molecule has 1 aromatic heterocycles. The maximum Gasteiger partial charge on any atom is 0.162 e. The van der Waals surface area contributed by atoms with Crippen LogP contribution in [-0.2, 0) is 6.54 Å². The van der Waals surface area contributed by atoms with Gasteiger partial charge in [0.1, 0.15) is 0 Å². The topological polar surface area (TPSA) is 58.7 Å². The molecule has 0 spiro atoms. The number of para-hydroxylation sites is 1. The Bertz CT molecular complexity index is 681. The van der Waals surface area contributed by atoms with E-state index >= 15 is 0 Å². The number of hydrogen-bond acceptors (Lipinski definition) is 5. The zero-order valence-corrected chi connectivity index (χ0v) is 14.7. The molecule has 0 amide bonds. The Morgan fingerprint density at radius 2 is 2.25 bits per heavy atom. The van der Waals surface area contributed by atoms with Gasteiger partial charge in [-0.25, -0.2) is 0 Å². The summed E-state index contributed by atoms with van der Waals surface area (Å²) < 4.78 is 11.1. The lowest BCUT2D eigenvalue weighted by Gasteiger charge is -2.23. The molecule has 3 rings (SSSR count). The Labute approximate surface area is 143 Å². The van der Waals surface area contributed by atoms with Crippen molar-refractivity contribution in [3.05, 3.63) is 41.3 Å². The van der Waals surface area contributed by atoms with Crippen molar-refractivity contribution in [1.82, 2.24) is 10.1 Å². The minimum Gasteiger partial charge on any atom is -0.504 e. The van der Waals surface area contributed by atoms with Gasteiger partial charge in [0.25, 0.3) is 0 Å². The van der Waals surface area contributed by atoms with Crippen molar-refractivity contribution in [3.8, 4) is 11.5 Å². The van der Waals surface area contributed by atoms with Crippen LogP contribution in [0.5, 0.6) is 11.5 Å². The summed E-state index contributed by atoms with van der Waals surface area (Å²) in [5.41, 5.74) is 1.88. The molecule has 1 saturated heterocycles. The summed E-state index contributed by atoms with van der Waals surface area (Å²) in [5, 5.41) is 14.6. The van der Waals surface area contributed by atoms with Crippen molar-refractivity contribution >= 4 is 0 Å². The third kappa shape index (κ3) is 3.41. The van der Waals surface area contributed by atoms with Crippen LogP contribution in [0.1, 0.15) is 62.6 Å². The van der Waals surface area contributed by atoms with E-state index in [0.717, 1.165) is 36.4 Å². The highest BCUT2D eigenvalue weighted by atomic mass is 16.5. The van der Waals surface area contributed by atoms with Crippen LogP contribution in [0.15, 0.2) is 28.8 Å². The minimum absolute atomic E-state index is 0.222. The second-order valence-corrected chi connectivity index (χ2v) is 6.63. The molecule has 5 heteroatoms. The largest absolute Gasteiger partial charge is 0.504 e. The van der Waals surface area contributed by atoms with Crippen molar-refractivity contribution in [2.24, 2.45) is 0 Å². The van der Waals surface area contributed by atoms with E-state index in [0.29, 0.717) is 24.8 Å². The van der Waals surface area contributed by atoms with E-state index < -0.39 is 0 Å². The molecule has 0 aliphatic carbocycles. The third-order valence-electron chi connectivity index (χ3n) is 4.59. The van der Waals surface area contributed by atoms with Crippen LogP contribution in [0.2, 0.25) is 0 Å². The quantitative estimate of drug-likeness (QED) is 0.858. The van der Waals surface area contributed by atoms with E-state index in [1.165, 1.54) is 0 Å². The fraction of sp³-hybridized carbons (Fsp3) is 0.526. The first-order chi connectivity index (χ1) is 11.6. The summed E-state index contributed by atoms with van der Waals surface area (Å²) in [7, 11) is 0. The lowest BCUT2D eigenvalue weighted by atomic mass is 10.1. The number of benzene rings is 1. The molecule has 1 atom stereocenters. The van der Waals surface area contributed by atoms with Gasteiger partial charge in [-0.2, -0.15) is 0 Å². The van der Waals surface area contributed by atoms with Gasteiger partial charge in [0.15, 0.2) is 17.3 Å². The predicted octanol–water partition coefficient (Wildman–Crippen LogP) is 4.24. The Hall–Kier alpha value is -2.01. The van der Waals surface area contributed by atoms with Crippen LogP contribution in [-0.4, -0.2) is 28.3 Å². The summed E-state index contributed by atoms with van der Waals surface area (Å²) >= 11 is 0. The van der Waals surface area contributed by atoms with Gasteiger partial charge in [-0.1, -0.05) is 31.1 Å². The molecule has 0 bridgehead atoms. The number of ether oxygens (including phenoxy) is 1. The van der Waals surface area contributed by atoms with Gasteiger partial charge >= 0.3 is 0 Å². The molecule has 1 aliphatic rings. The maximum absolute atomic E-state index is 10.4. The van der Waals surface area contributed by atoms with Crippen LogP contribution in [0.25, 0.3) is 0 Å². The van der Waals surface area contributed by atoms with Crippen molar-refractivity contribution in [1.29, 1.82) is 0 Å². The number of hydrogen-bond donors (Lipinski definition) is 1. The molecule has 5 nitrogen and oxygen atoms in total. The molecule has 1 aromatic carbocycles. The molecule has 24 heavy (non-hydrogen) atoms. The van der Waals surface area contributed by atoms with Crippen LogP contribution < -0.4 is 4.74 Å². The second kappa shape index (κ2) is 7.26. The van der Waals surface area contributed by atoms with Gasteiger partial charge in [0.2, 0.25) is 0 Å². The standard InChI is InChI=1S/C19H26N2O3/c1-4-23-17-9-5-7-14(19(17)22)12-21-10-6-8-16(21)18-11-15(13(2)3)20-24-18/h5,7,9,11,13,16,22H,4,6,8,10,12H2,1-3H3/t16-/m0/s1. The SMILES string of the molecule is CCOc1cccc(CN2CCC[C@H]2c2cc(C(C)C)no2)c1O. The monoisotopic (exact) mass is 330 g/mol. The number of aromatic nitrogens is 1.